The highest BCUT2D eigenvalue weighted by Crippen LogP contribution is 2.42. The van der Waals surface area contributed by atoms with Crippen molar-refractivity contribution < 1.29 is 0 Å². The van der Waals surface area contributed by atoms with Gasteiger partial charge in [0.2, 0.25) is 0 Å². The van der Waals surface area contributed by atoms with Gasteiger partial charge in [-0.3, -0.25) is 0 Å². The molecule has 0 aliphatic heterocycles. The van der Waals surface area contributed by atoms with Crippen LogP contribution in [0.25, 0.3) is 0 Å². The predicted molar refractivity (Wildman–Crippen MR) is 60.9 cm³/mol. The van der Waals surface area contributed by atoms with Crippen molar-refractivity contribution in [3.05, 3.63) is 12.2 Å². The lowest BCUT2D eigenvalue weighted by Crippen LogP contribution is -2.29. The van der Waals surface area contributed by atoms with E-state index in [0.717, 1.165) is 17.8 Å². The van der Waals surface area contributed by atoms with Crippen molar-refractivity contribution in [3.8, 4) is 0 Å². The van der Waals surface area contributed by atoms with Crippen LogP contribution in [-0.2, 0) is 0 Å². The summed E-state index contributed by atoms with van der Waals surface area (Å²) in [6.45, 7) is 2.31. The highest BCUT2D eigenvalue weighted by atomic mass is 14.4. The second-order valence-electron chi connectivity index (χ2n) is 5.05. The molecule has 0 heteroatoms. The first-order valence-electron chi connectivity index (χ1n) is 6.49. The van der Waals surface area contributed by atoms with Crippen LogP contribution in [0.3, 0.4) is 0 Å². The smallest absolute Gasteiger partial charge is 0.0131 e. The average Bonchev–Trinajstić information content (AvgIpc) is 2.26. The third-order valence-electron chi connectivity index (χ3n) is 4.12. The lowest BCUT2D eigenvalue weighted by Gasteiger charge is -2.38. The van der Waals surface area contributed by atoms with Crippen LogP contribution < -0.4 is 0 Å². The summed E-state index contributed by atoms with van der Waals surface area (Å²) in [5, 5.41) is 0. The Hall–Kier alpha value is -0.260. The molecule has 2 rings (SSSR count). The third-order valence-corrected chi connectivity index (χ3v) is 4.12. The SMILES string of the molecule is CCCCC1CCCC2[C]=CCCC21. The lowest BCUT2D eigenvalue weighted by molar-refractivity contribution is 0.150. The van der Waals surface area contributed by atoms with Gasteiger partial charge in [-0.2, -0.15) is 0 Å². The van der Waals surface area contributed by atoms with E-state index >= 15 is 0 Å². The predicted octanol–water partition coefficient (Wildman–Crippen LogP) is 4.36. The van der Waals surface area contributed by atoms with Gasteiger partial charge in [-0.25, -0.2) is 0 Å². The van der Waals surface area contributed by atoms with Crippen molar-refractivity contribution >= 4 is 0 Å². The maximum Gasteiger partial charge on any atom is -0.0131 e. The van der Waals surface area contributed by atoms with Crippen LogP contribution in [0, 0.1) is 23.8 Å². The fraction of sp³-hybridized carbons (Fsp3) is 0.857. The largest absolute Gasteiger partial charge is 0.0807 e. The van der Waals surface area contributed by atoms with E-state index in [9.17, 15) is 0 Å². The van der Waals surface area contributed by atoms with Crippen molar-refractivity contribution in [2.24, 2.45) is 17.8 Å². The molecule has 0 heterocycles. The number of allylic oxidation sites excluding steroid dienone is 2. The fourth-order valence-corrected chi connectivity index (χ4v) is 3.34. The molecule has 0 amide bonds. The Morgan fingerprint density at radius 3 is 3.07 bits per heavy atom. The molecule has 0 nitrogen and oxygen atoms in total. The van der Waals surface area contributed by atoms with Gasteiger partial charge in [0.05, 0.1) is 0 Å². The van der Waals surface area contributed by atoms with Crippen LogP contribution in [0.4, 0.5) is 0 Å². The van der Waals surface area contributed by atoms with Crippen LogP contribution in [-0.4, -0.2) is 0 Å². The fourth-order valence-electron chi connectivity index (χ4n) is 3.34. The summed E-state index contributed by atoms with van der Waals surface area (Å²) in [5.41, 5.74) is 0. The second-order valence-corrected chi connectivity index (χ2v) is 5.05. The lowest BCUT2D eigenvalue weighted by atomic mass is 9.66. The summed E-state index contributed by atoms with van der Waals surface area (Å²) in [6.07, 6.45) is 17.3. The highest BCUT2D eigenvalue weighted by Gasteiger charge is 2.32. The van der Waals surface area contributed by atoms with Gasteiger partial charge >= 0.3 is 0 Å². The summed E-state index contributed by atoms with van der Waals surface area (Å²) in [4.78, 5) is 0. The van der Waals surface area contributed by atoms with Crippen molar-refractivity contribution in [1.29, 1.82) is 0 Å². The molecule has 1 saturated carbocycles. The number of hydrogen-bond acceptors (Lipinski definition) is 0. The van der Waals surface area contributed by atoms with E-state index in [1.165, 1.54) is 51.4 Å². The Kier molecular flexibility index (Phi) is 3.67. The maximum atomic E-state index is 3.60. The first-order valence-corrected chi connectivity index (χ1v) is 6.49. The van der Waals surface area contributed by atoms with Gasteiger partial charge in [0, 0.05) is 0 Å². The average molecular weight is 191 g/mol. The molecule has 3 atom stereocenters. The summed E-state index contributed by atoms with van der Waals surface area (Å²) < 4.78 is 0. The molecule has 0 aromatic heterocycles. The number of hydrogen-bond donors (Lipinski definition) is 0. The quantitative estimate of drug-likeness (QED) is 0.621. The molecule has 1 radical (unpaired) electrons. The van der Waals surface area contributed by atoms with E-state index < -0.39 is 0 Å². The van der Waals surface area contributed by atoms with Gasteiger partial charge < -0.3 is 0 Å². The van der Waals surface area contributed by atoms with Gasteiger partial charge in [0.15, 0.2) is 0 Å². The zero-order chi connectivity index (χ0) is 9.80. The van der Waals surface area contributed by atoms with Gasteiger partial charge in [-0.05, 0) is 43.1 Å². The van der Waals surface area contributed by atoms with E-state index in [1.54, 1.807) is 0 Å². The molecule has 0 N–H and O–H groups in total. The van der Waals surface area contributed by atoms with Crippen molar-refractivity contribution in [2.75, 3.05) is 0 Å². The molecule has 0 spiro atoms. The topological polar surface area (TPSA) is 0 Å². The molecule has 3 unspecified atom stereocenters. The van der Waals surface area contributed by atoms with Gasteiger partial charge in [-0.15, -0.1) is 0 Å². The molecule has 2 aliphatic rings. The van der Waals surface area contributed by atoms with Gasteiger partial charge in [0.25, 0.3) is 0 Å². The Morgan fingerprint density at radius 2 is 2.21 bits per heavy atom. The number of unbranched alkanes of at least 4 members (excludes halogenated alkanes) is 1. The standard InChI is InChI=1S/C14H23/c1-2-3-7-12-9-6-10-13-8-4-5-11-14(12)13/h4,12-14H,2-3,5-7,9-11H2,1H3. The normalized spacial score (nSPS) is 36.8. The molecular formula is C14H23. The molecule has 0 saturated heterocycles. The molecule has 0 aromatic rings. The van der Waals surface area contributed by atoms with Crippen molar-refractivity contribution in [1.82, 2.24) is 0 Å². The molecule has 1 fully saturated rings. The van der Waals surface area contributed by atoms with Crippen LogP contribution >= 0.6 is 0 Å². The molecular weight excluding hydrogens is 168 g/mol. The highest BCUT2D eigenvalue weighted by molar-refractivity contribution is 4.95. The van der Waals surface area contributed by atoms with E-state index in [0.29, 0.717) is 0 Å². The first kappa shape index (κ1) is 10.3. The summed E-state index contributed by atoms with van der Waals surface area (Å²) in [6, 6.07) is 0. The molecule has 2 aliphatic carbocycles. The Bertz CT molecular complexity index is 192. The third kappa shape index (κ3) is 2.21. The first-order chi connectivity index (χ1) is 6.92. The zero-order valence-electron chi connectivity index (χ0n) is 9.47. The number of rotatable bonds is 3. The monoisotopic (exact) mass is 191 g/mol. The Labute approximate surface area is 88.8 Å². The van der Waals surface area contributed by atoms with Gasteiger partial charge in [-0.1, -0.05) is 45.1 Å². The summed E-state index contributed by atoms with van der Waals surface area (Å²) in [5.74, 6) is 2.87. The van der Waals surface area contributed by atoms with Crippen molar-refractivity contribution in [2.45, 2.75) is 58.3 Å². The molecule has 14 heavy (non-hydrogen) atoms. The van der Waals surface area contributed by atoms with Crippen LogP contribution in [0.2, 0.25) is 0 Å². The Balaban J connectivity index is 1.92. The summed E-state index contributed by atoms with van der Waals surface area (Å²) in [7, 11) is 0. The zero-order valence-corrected chi connectivity index (χ0v) is 9.47. The summed E-state index contributed by atoms with van der Waals surface area (Å²) >= 11 is 0. The molecule has 79 valence electrons. The maximum absolute atomic E-state index is 3.60. The van der Waals surface area contributed by atoms with Crippen LogP contribution in [0.5, 0.6) is 0 Å². The number of fused-ring (bicyclic) bond motifs is 1. The minimum atomic E-state index is 0.833. The van der Waals surface area contributed by atoms with Gasteiger partial charge in [0.1, 0.15) is 0 Å². The van der Waals surface area contributed by atoms with E-state index in [1.807, 2.05) is 0 Å². The van der Waals surface area contributed by atoms with Crippen molar-refractivity contribution in [3.63, 3.8) is 0 Å². The second kappa shape index (κ2) is 5.00. The molecule has 0 aromatic carbocycles. The van der Waals surface area contributed by atoms with E-state index in [2.05, 4.69) is 19.1 Å². The minimum absolute atomic E-state index is 0.833. The minimum Gasteiger partial charge on any atom is -0.0807 e. The van der Waals surface area contributed by atoms with Crippen LogP contribution in [0.15, 0.2) is 6.08 Å². The van der Waals surface area contributed by atoms with Crippen LogP contribution in [0.1, 0.15) is 58.3 Å². The van der Waals surface area contributed by atoms with E-state index in [-0.39, 0.29) is 0 Å². The molecule has 0 bridgehead atoms. The Morgan fingerprint density at radius 1 is 1.29 bits per heavy atom. The van der Waals surface area contributed by atoms with E-state index in [4.69, 9.17) is 0 Å².